The van der Waals surface area contributed by atoms with Crippen LogP contribution in [0.1, 0.15) is 16.8 Å². The number of nitro groups is 1. The highest BCUT2D eigenvalue weighted by atomic mass is 16.6. The average molecular weight is 267 g/mol. The molecule has 0 spiro atoms. The maximum Gasteiger partial charge on any atom is 0.305 e. The van der Waals surface area contributed by atoms with Crippen molar-refractivity contribution < 1.29 is 19.6 Å². The molecule has 0 saturated carbocycles. The second kappa shape index (κ2) is 6.34. The fraction of sp³-hybridized carbons (Fsp3) is 0.273. The number of aliphatic carboxylic acids is 1. The lowest BCUT2D eigenvalue weighted by atomic mass is 10.1. The van der Waals surface area contributed by atoms with Gasteiger partial charge in [0.15, 0.2) is 0 Å². The van der Waals surface area contributed by atoms with Crippen molar-refractivity contribution >= 4 is 23.3 Å². The zero-order chi connectivity index (χ0) is 14.4. The van der Waals surface area contributed by atoms with E-state index in [1.165, 1.54) is 19.2 Å². The van der Waals surface area contributed by atoms with Crippen LogP contribution in [0.15, 0.2) is 18.2 Å². The van der Waals surface area contributed by atoms with E-state index in [0.29, 0.717) is 5.69 Å². The van der Waals surface area contributed by atoms with Gasteiger partial charge < -0.3 is 15.7 Å². The first-order valence-corrected chi connectivity index (χ1v) is 5.42. The summed E-state index contributed by atoms with van der Waals surface area (Å²) in [6.07, 6.45) is -0.121. The van der Waals surface area contributed by atoms with Gasteiger partial charge in [-0.05, 0) is 6.07 Å². The summed E-state index contributed by atoms with van der Waals surface area (Å²) in [7, 11) is 1.40. The Balaban J connectivity index is 2.98. The third kappa shape index (κ3) is 3.95. The second-order valence-electron chi connectivity index (χ2n) is 3.64. The molecule has 0 radical (unpaired) electrons. The molecule has 0 aliphatic heterocycles. The molecule has 0 aromatic heterocycles. The first-order chi connectivity index (χ1) is 8.95. The number of carboxylic acid groups (broad SMARTS) is 1. The van der Waals surface area contributed by atoms with Crippen molar-refractivity contribution in [3.8, 4) is 0 Å². The largest absolute Gasteiger partial charge is 0.481 e. The zero-order valence-corrected chi connectivity index (χ0v) is 10.2. The average Bonchev–Trinajstić information content (AvgIpc) is 2.37. The molecule has 1 rings (SSSR count). The van der Waals surface area contributed by atoms with Gasteiger partial charge in [0.2, 0.25) is 0 Å². The number of nitrogens with zero attached hydrogens (tertiary/aromatic N) is 1. The molecule has 0 aliphatic rings. The van der Waals surface area contributed by atoms with Crippen LogP contribution in [0.3, 0.4) is 0 Å². The molecule has 0 heterocycles. The quantitative estimate of drug-likeness (QED) is 0.518. The van der Waals surface area contributed by atoms with Crippen molar-refractivity contribution in [2.24, 2.45) is 0 Å². The van der Waals surface area contributed by atoms with Crippen LogP contribution in [0.4, 0.5) is 11.4 Å². The minimum Gasteiger partial charge on any atom is -0.481 e. The number of anilines is 1. The molecule has 8 nitrogen and oxygen atoms in total. The van der Waals surface area contributed by atoms with Crippen LogP contribution in [0, 0.1) is 10.1 Å². The van der Waals surface area contributed by atoms with Crippen molar-refractivity contribution in [1.82, 2.24) is 5.32 Å². The zero-order valence-electron chi connectivity index (χ0n) is 10.2. The van der Waals surface area contributed by atoms with Crippen LogP contribution in [0.2, 0.25) is 0 Å². The molecule has 1 amide bonds. The minimum atomic E-state index is -0.976. The topological polar surface area (TPSA) is 122 Å². The van der Waals surface area contributed by atoms with E-state index in [0.717, 1.165) is 6.07 Å². The molecule has 19 heavy (non-hydrogen) atoms. The number of nitrogens with one attached hydrogen (secondary N) is 2. The van der Waals surface area contributed by atoms with Crippen LogP contribution >= 0.6 is 0 Å². The Hall–Kier alpha value is -2.64. The number of non-ortho nitro benzene ring substituents is 1. The molecule has 1 aromatic rings. The summed E-state index contributed by atoms with van der Waals surface area (Å²) in [6.45, 7) is 0.122. The fourth-order valence-corrected chi connectivity index (χ4v) is 1.43. The summed E-state index contributed by atoms with van der Waals surface area (Å²) in [5.74, 6) is -1.46. The van der Waals surface area contributed by atoms with Gasteiger partial charge in [0.1, 0.15) is 0 Å². The summed E-state index contributed by atoms with van der Waals surface area (Å²) in [5.41, 5.74) is 0.246. The number of nitro benzene ring substituents is 1. The van der Waals surface area contributed by atoms with E-state index in [4.69, 9.17) is 5.11 Å². The standard InChI is InChI=1S/C11H13N3O5/c1-12-11(17)8-6-7(14(18)19)2-3-9(8)13-5-4-10(15)16/h2-3,6,13H,4-5H2,1H3,(H,12,17)(H,15,16). The highest BCUT2D eigenvalue weighted by Gasteiger charge is 2.15. The van der Waals surface area contributed by atoms with Gasteiger partial charge in [-0.25, -0.2) is 0 Å². The molecule has 1 aromatic carbocycles. The number of carboxylic acids is 1. The van der Waals surface area contributed by atoms with Crippen LogP contribution in [-0.4, -0.2) is 35.5 Å². The van der Waals surface area contributed by atoms with Gasteiger partial charge in [-0.3, -0.25) is 19.7 Å². The maximum absolute atomic E-state index is 11.6. The molecule has 0 fully saturated rings. The normalized spacial score (nSPS) is 9.74. The Kier molecular flexibility index (Phi) is 4.81. The summed E-state index contributed by atoms with van der Waals surface area (Å²) >= 11 is 0. The van der Waals surface area contributed by atoms with E-state index in [1.54, 1.807) is 0 Å². The lowest BCUT2D eigenvalue weighted by Crippen LogP contribution is -2.20. The molecule has 0 bridgehead atoms. The Morgan fingerprint density at radius 1 is 1.42 bits per heavy atom. The number of hydrogen-bond acceptors (Lipinski definition) is 5. The third-order valence-corrected chi connectivity index (χ3v) is 2.34. The smallest absolute Gasteiger partial charge is 0.305 e. The SMILES string of the molecule is CNC(=O)c1cc([N+](=O)[O-])ccc1NCCC(=O)O. The Morgan fingerprint density at radius 3 is 2.63 bits per heavy atom. The predicted molar refractivity (Wildman–Crippen MR) is 67.2 cm³/mol. The van der Waals surface area contributed by atoms with E-state index >= 15 is 0 Å². The van der Waals surface area contributed by atoms with Crippen molar-refractivity contribution in [2.45, 2.75) is 6.42 Å². The van der Waals surface area contributed by atoms with Crippen LogP contribution in [-0.2, 0) is 4.79 Å². The number of rotatable bonds is 6. The summed E-state index contributed by atoms with van der Waals surface area (Å²) in [5, 5.41) is 24.3. The third-order valence-electron chi connectivity index (χ3n) is 2.34. The van der Waals surface area contributed by atoms with Crippen LogP contribution in [0.5, 0.6) is 0 Å². The lowest BCUT2D eigenvalue weighted by molar-refractivity contribution is -0.384. The number of hydrogen-bond donors (Lipinski definition) is 3. The van der Waals surface area contributed by atoms with Gasteiger partial charge in [-0.2, -0.15) is 0 Å². The van der Waals surface area contributed by atoms with Gasteiger partial charge in [0.05, 0.1) is 16.9 Å². The van der Waals surface area contributed by atoms with Crippen molar-refractivity contribution in [3.63, 3.8) is 0 Å². The predicted octanol–water partition coefficient (Wildman–Crippen LogP) is 0.841. The Morgan fingerprint density at radius 2 is 2.11 bits per heavy atom. The van der Waals surface area contributed by atoms with E-state index in [-0.39, 0.29) is 24.2 Å². The number of carbonyl (C=O) groups excluding carboxylic acids is 1. The molecule has 8 heteroatoms. The van der Waals surface area contributed by atoms with Crippen LogP contribution < -0.4 is 10.6 Å². The Bertz CT molecular complexity index is 515. The van der Waals surface area contributed by atoms with Crippen LogP contribution in [0.25, 0.3) is 0 Å². The second-order valence-corrected chi connectivity index (χ2v) is 3.64. The molecule has 0 saturated heterocycles. The minimum absolute atomic E-state index is 0.0992. The van der Waals surface area contributed by atoms with Gasteiger partial charge in [0.25, 0.3) is 11.6 Å². The Labute approximate surface area is 108 Å². The summed E-state index contributed by atoms with van der Waals surface area (Å²) in [6, 6.07) is 3.77. The monoisotopic (exact) mass is 267 g/mol. The first-order valence-electron chi connectivity index (χ1n) is 5.42. The van der Waals surface area contributed by atoms with Crippen molar-refractivity contribution in [1.29, 1.82) is 0 Å². The van der Waals surface area contributed by atoms with Crippen molar-refractivity contribution in [2.75, 3.05) is 18.9 Å². The highest BCUT2D eigenvalue weighted by molar-refractivity contribution is 6.00. The maximum atomic E-state index is 11.6. The first kappa shape index (κ1) is 14.4. The van der Waals surface area contributed by atoms with Gasteiger partial charge in [-0.1, -0.05) is 0 Å². The molecule has 0 atom stereocenters. The molecule has 0 aliphatic carbocycles. The van der Waals surface area contributed by atoms with Gasteiger partial charge in [0, 0.05) is 31.4 Å². The molecule has 102 valence electrons. The molecule has 0 unspecified atom stereocenters. The number of amides is 1. The summed E-state index contributed by atoms with van der Waals surface area (Å²) < 4.78 is 0. The van der Waals surface area contributed by atoms with E-state index in [1.807, 2.05) is 0 Å². The van der Waals surface area contributed by atoms with E-state index in [9.17, 15) is 19.7 Å². The molecular weight excluding hydrogens is 254 g/mol. The van der Waals surface area contributed by atoms with E-state index < -0.39 is 16.8 Å². The molecular formula is C11H13N3O5. The number of carbonyl (C=O) groups is 2. The fourth-order valence-electron chi connectivity index (χ4n) is 1.43. The highest BCUT2D eigenvalue weighted by Crippen LogP contribution is 2.22. The van der Waals surface area contributed by atoms with E-state index in [2.05, 4.69) is 10.6 Å². The lowest BCUT2D eigenvalue weighted by Gasteiger charge is -2.10. The van der Waals surface area contributed by atoms with Gasteiger partial charge >= 0.3 is 5.97 Å². The van der Waals surface area contributed by atoms with Crippen molar-refractivity contribution in [3.05, 3.63) is 33.9 Å². The summed E-state index contributed by atoms with van der Waals surface area (Å²) in [4.78, 5) is 32.1. The molecule has 3 N–H and O–H groups in total. The number of benzene rings is 1. The van der Waals surface area contributed by atoms with Gasteiger partial charge in [-0.15, -0.1) is 0 Å².